The second kappa shape index (κ2) is 5.61. The number of rotatable bonds is 3. The van der Waals surface area contributed by atoms with Crippen LogP contribution >= 0.6 is 0 Å². The zero-order valence-corrected chi connectivity index (χ0v) is 10.9. The Balaban J connectivity index is 2.08. The number of piperidine rings is 1. The number of hydrogen-bond donors (Lipinski definition) is 1. The van der Waals surface area contributed by atoms with Crippen LogP contribution in [0.3, 0.4) is 0 Å². The Morgan fingerprint density at radius 3 is 3.00 bits per heavy atom. The minimum atomic E-state index is 0.584. The maximum atomic E-state index is 5.76. The second-order valence-electron chi connectivity index (χ2n) is 5.27. The lowest BCUT2D eigenvalue weighted by molar-refractivity contribution is 0.115. The van der Waals surface area contributed by atoms with Crippen LogP contribution in [0.4, 0.5) is 0 Å². The van der Waals surface area contributed by atoms with Gasteiger partial charge >= 0.3 is 0 Å². The fraction of sp³-hybridized carbons (Fsp3) is 0.643. The van der Waals surface area contributed by atoms with Crippen molar-refractivity contribution in [2.45, 2.75) is 45.8 Å². The minimum absolute atomic E-state index is 0.584. The van der Waals surface area contributed by atoms with Crippen LogP contribution in [0.25, 0.3) is 0 Å². The van der Waals surface area contributed by atoms with Gasteiger partial charge in [-0.15, -0.1) is 0 Å². The van der Waals surface area contributed by atoms with Crippen molar-refractivity contribution in [1.82, 2.24) is 9.88 Å². The first kappa shape index (κ1) is 12.5. The van der Waals surface area contributed by atoms with Gasteiger partial charge in [-0.05, 0) is 37.3 Å². The average Bonchev–Trinajstić information content (AvgIpc) is 2.34. The number of pyridine rings is 1. The van der Waals surface area contributed by atoms with E-state index in [1.54, 1.807) is 0 Å². The number of likely N-dealkylation sites (tertiary alicyclic amines) is 1. The van der Waals surface area contributed by atoms with E-state index < -0.39 is 0 Å². The van der Waals surface area contributed by atoms with Crippen LogP contribution in [0.1, 0.15) is 37.9 Å². The monoisotopic (exact) mass is 233 g/mol. The van der Waals surface area contributed by atoms with Gasteiger partial charge in [-0.25, -0.2) is 0 Å². The van der Waals surface area contributed by atoms with E-state index in [0.717, 1.165) is 18.2 Å². The van der Waals surface area contributed by atoms with Crippen molar-refractivity contribution < 1.29 is 0 Å². The zero-order chi connectivity index (χ0) is 12.3. The summed E-state index contributed by atoms with van der Waals surface area (Å²) in [5.74, 6) is 0.802. The van der Waals surface area contributed by atoms with E-state index in [1.165, 1.54) is 24.9 Å². The summed E-state index contributed by atoms with van der Waals surface area (Å²) < 4.78 is 0. The predicted octanol–water partition coefficient (Wildman–Crippen LogP) is 2.16. The van der Waals surface area contributed by atoms with E-state index in [1.807, 2.05) is 12.3 Å². The highest BCUT2D eigenvalue weighted by molar-refractivity contribution is 5.19. The van der Waals surface area contributed by atoms with Crippen LogP contribution in [0, 0.1) is 5.92 Å². The SMILES string of the molecule is CC1CCC(C)N(Cc2ncccc2CN)C1. The predicted molar refractivity (Wildman–Crippen MR) is 70.4 cm³/mol. The molecule has 2 N–H and O–H groups in total. The summed E-state index contributed by atoms with van der Waals surface area (Å²) in [6, 6.07) is 4.72. The lowest BCUT2D eigenvalue weighted by Crippen LogP contribution is -2.40. The molecule has 2 unspecified atom stereocenters. The summed E-state index contributed by atoms with van der Waals surface area (Å²) in [7, 11) is 0. The lowest BCUT2D eigenvalue weighted by atomic mass is 9.94. The van der Waals surface area contributed by atoms with Gasteiger partial charge in [0.15, 0.2) is 0 Å². The molecule has 94 valence electrons. The van der Waals surface area contributed by atoms with Crippen molar-refractivity contribution in [3.05, 3.63) is 29.6 Å². The smallest absolute Gasteiger partial charge is 0.0588 e. The van der Waals surface area contributed by atoms with Crippen molar-refractivity contribution >= 4 is 0 Å². The van der Waals surface area contributed by atoms with Gasteiger partial charge in [0, 0.05) is 31.9 Å². The van der Waals surface area contributed by atoms with E-state index in [2.05, 4.69) is 29.8 Å². The van der Waals surface area contributed by atoms with Gasteiger partial charge < -0.3 is 5.73 Å². The van der Waals surface area contributed by atoms with Crippen molar-refractivity contribution in [3.63, 3.8) is 0 Å². The van der Waals surface area contributed by atoms with Crippen LogP contribution in [-0.4, -0.2) is 22.5 Å². The van der Waals surface area contributed by atoms with Crippen molar-refractivity contribution in [1.29, 1.82) is 0 Å². The van der Waals surface area contributed by atoms with E-state index in [0.29, 0.717) is 12.6 Å². The molecule has 0 aromatic carbocycles. The second-order valence-corrected chi connectivity index (χ2v) is 5.27. The van der Waals surface area contributed by atoms with Gasteiger partial charge in [-0.1, -0.05) is 13.0 Å². The van der Waals surface area contributed by atoms with E-state index in [4.69, 9.17) is 5.73 Å². The topological polar surface area (TPSA) is 42.2 Å². The van der Waals surface area contributed by atoms with Crippen molar-refractivity contribution in [2.24, 2.45) is 11.7 Å². The molecule has 0 bridgehead atoms. The highest BCUT2D eigenvalue weighted by Gasteiger charge is 2.23. The molecule has 2 heterocycles. The van der Waals surface area contributed by atoms with Crippen molar-refractivity contribution in [2.75, 3.05) is 6.54 Å². The highest BCUT2D eigenvalue weighted by Crippen LogP contribution is 2.23. The van der Waals surface area contributed by atoms with Gasteiger partial charge in [0.1, 0.15) is 0 Å². The fourth-order valence-corrected chi connectivity index (χ4v) is 2.59. The molecule has 3 heteroatoms. The number of nitrogens with zero attached hydrogens (tertiary/aromatic N) is 2. The molecule has 1 saturated heterocycles. The normalized spacial score (nSPS) is 26.1. The van der Waals surface area contributed by atoms with Gasteiger partial charge in [0.05, 0.1) is 5.69 Å². The zero-order valence-electron chi connectivity index (χ0n) is 10.9. The molecule has 0 saturated carbocycles. The largest absolute Gasteiger partial charge is 0.326 e. The van der Waals surface area contributed by atoms with Crippen LogP contribution < -0.4 is 5.73 Å². The third-order valence-electron chi connectivity index (χ3n) is 3.80. The Hall–Kier alpha value is -0.930. The molecule has 0 radical (unpaired) electrons. The highest BCUT2D eigenvalue weighted by atomic mass is 15.2. The van der Waals surface area contributed by atoms with E-state index in [9.17, 15) is 0 Å². The van der Waals surface area contributed by atoms with Gasteiger partial charge in [0.25, 0.3) is 0 Å². The van der Waals surface area contributed by atoms with Crippen LogP contribution in [-0.2, 0) is 13.1 Å². The van der Waals surface area contributed by atoms with Gasteiger partial charge in [-0.2, -0.15) is 0 Å². The molecule has 1 aliphatic rings. The number of nitrogens with two attached hydrogens (primary N) is 1. The standard InChI is InChI=1S/C14H23N3/c1-11-5-6-12(2)17(9-11)10-14-13(8-15)4-3-7-16-14/h3-4,7,11-12H,5-6,8-10,15H2,1-2H3. The van der Waals surface area contributed by atoms with Crippen LogP contribution in [0.5, 0.6) is 0 Å². The molecule has 1 aromatic rings. The molecule has 0 aliphatic carbocycles. The van der Waals surface area contributed by atoms with Crippen molar-refractivity contribution in [3.8, 4) is 0 Å². The summed E-state index contributed by atoms with van der Waals surface area (Å²) in [5, 5.41) is 0. The summed E-state index contributed by atoms with van der Waals surface area (Å²) in [6.45, 7) is 7.36. The van der Waals surface area contributed by atoms with Gasteiger partial charge in [-0.3, -0.25) is 9.88 Å². The summed E-state index contributed by atoms with van der Waals surface area (Å²) in [4.78, 5) is 7.02. The maximum Gasteiger partial charge on any atom is 0.0588 e. The Morgan fingerprint density at radius 1 is 1.41 bits per heavy atom. The molecule has 3 nitrogen and oxygen atoms in total. The molecular weight excluding hydrogens is 210 g/mol. The maximum absolute atomic E-state index is 5.76. The number of aromatic nitrogens is 1. The molecule has 2 atom stereocenters. The molecule has 17 heavy (non-hydrogen) atoms. The summed E-state index contributed by atoms with van der Waals surface area (Å²) >= 11 is 0. The van der Waals surface area contributed by atoms with E-state index in [-0.39, 0.29) is 0 Å². The number of hydrogen-bond acceptors (Lipinski definition) is 3. The quantitative estimate of drug-likeness (QED) is 0.870. The lowest BCUT2D eigenvalue weighted by Gasteiger charge is -2.36. The summed E-state index contributed by atoms with van der Waals surface area (Å²) in [5.41, 5.74) is 8.09. The molecule has 1 aromatic heterocycles. The third kappa shape index (κ3) is 3.05. The molecule has 1 aliphatic heterocycles. The van der Waals surface area contributed by atoms with Crippen LogP contribution in [0.2, 0.25) is 0 Å². The first-order valence-electron chi connectivity index (χ1n) is 6.57. The molecular formula is C14H23N3. The third-order valence-corrected chi connectivity index (χ3v) is 3.80. The first-order valence-corrected chi connectivity index (χ1v) is 6.57. The summed E-state index contributed by atoms with van der Waals surface area (Å²) in [6.07, 6.45) is 4.52. The Kier molecular flexibility index (Phi) is 4.13. The fourth-order valence-electron chi connectivity index (χ4n) is 2.59. The van der Waals surface area contributed by atoms with Gasteiger partial charge in [0.2, 0.25) is 0 Å². The first-order chi connectivity index (χ1) is 8.20. The Labute approximate surface area is 104 Å². The van der Waals surface area contributed by atoms with Crippen LogP contribution in [0.15, 0.2) is 18.3 Å². The molecule has 2 rings (SSSR count). The van der Waals surface area contributed by atoms with E-state index >= 15 is 0 Å². The molecule has 0 spiro atoms. The average molecular weight is 233 g/mol. The Bertz CT molecular complexity index is 364. The Morgan fingerprint density at radius 2 is 2.24 bits per heavy atom. The minimum Gasteiger partial charge on any atom is -0.326 e. The molecule has 1 fully saturated rings. The molecule has 0 amide bonds.